The molecule has 0 aromatic rings. The van der Waals surface area contributed by atoms with E-state index in [1.165, 1.54) is 270 Å². The average molecular weight is 850 g/mol. The maximum atomic E-state index is 2.34. The van der Waals surface area contributed by atoms with Crippen molar-refractivity contribution in [2.24, 2.45) is 0 Å². The van der Waals surface area contributed by atoms with E-state index in [2.05, 4.69) is 27.7 Å². The molecule has 0 saturated heterocycles. The van der Waals surface area contributed by atoms with Gasteiger partial charge in [0.1, 0.15) is 0 Å². The van der Waals surface area contributed by atoms with Gasteiger partial charge in [-0.05, 0) is 0 Å². The molecule has 0 aliphatic rings. The van der Waals surface area contributed by atoms with Gasteiger partial charge in [-0.15, -0.1) is 0 Å². The summed E-state index contributed by atoms with van der Waals surface area (Å²) in [7, 11) is -1.19. The first-order valence-corrected chi connectivity index (χ1v) is 32.1. The van der Waals surface area contributed by atoms with E-state index in [4.69, 9.17) is 0 Å². The third-order valence-corrected chi connectivity index (χ3v) is 20.4. The fraction of sp³-hybridized carbons (Fsp3) is 1.00. The van der Waals surface area contributed by atoms with Crippen LogP contribution in [0.2, 0.25) is 0 Å². The van der Waals surface area contributed by atoms with Gasteiger partial charge in [0, 0.05) is 0 Å². The van der Waals surface area contributed by atoms with Crippen molar-refractivity contribution < 1.29 is 0 Å². The monoisotopic (exact) mass is 849 g/mol. The Hall–Kier alpha value is 0.430. The Morgan fingerprint density at radius 3 is 0.356 bits per heavy atom. The normalized spacial score (nSPS) is 12.3. The van der Waals surface area contributed by atoms with E-state index in [1.807, 2.05) is 0 Å². The van der Waals surface area contributed by atoms with Crippen LogP contribution in [0.5, 0.6) is 0 Å². The summed E-state index contributed by atoms with van der Waals surface area (Å²) in [6, 6.07) is 0. The van der Waals surface area contributed by atoms with Crippen LogP contribution in [-0.4, -0.2) is 24.6 Å². The third kappa shape index (κ3) is 47.7. The van der Waals surface area contributed by atoms with Crippen molar-refractivity contribution in [1.29, 1.82) is 0 Å². The SMILES string of the molecule is CCCCCCCCCCCCCCC[PH](CCCCCCCCCCCCC)(CCCCCCCCCCCCCCC)CCCCCCCCCCCCCCC. The molecule has 0 nitrogen and oxygen atoms in total. The van der Waals surface area contributed by atoms with Gasteiger partial charge in [0.25, 0.3) is 0 Å². The molecular weight excluding hydrogens is 728 g/mol. The van der Waals surface area contributed by atoms with E-state index in [-0.39, 0.29) is 0 Å². The summed E-state index contributed by atoms with van der Waals surface area (Å²) in [4.78, 5) is 0. The molecule has 0 heterocycles. The van der Waals surface area contributed by atoms with Gasteiger partial charge in [-0.2, -0.15) is 0 Å². The zero-order chi connectivity index (χ0) is 42.7. The predicted octanol–water partition coefficient (Wildman–Crippen LogP) is 22.3. The molecule has 0 fully saturated rings. The Kier molecular flexibility index (Phi) is 53.2. The van der Waals surface area contributed by atoms with Crippen LogP contribution in [0.25, 0.3) is 0 Å². The van der Waals surface area contributed by atoms with Gasteiger partial charge in [0.05, 0.1) is 0 Å². The first-order chi connectivity index (χ1) is 29.2. The number of rotatable bonds is 54. The summed E-state index contributed by atoms with van der Waals surface area (Å²) in [6.07, 6.45) is 81.5. The molecule has 1 heteroatoms. The van der Waals surface area contributed by atoms with Gasteiger partial charge in [-0.1, -0.05) is 66.2 Å². The molecule has 0 aliphatic heterocycles. The second-order valence-electron chi connectivity index (χ2n) is 20.8. The zero-order valence-electron chi connectivity index (χ0n) is 42.7. The topological polar surface area (TPSA) is 0 Å². The first kappa shape index (κ1) is 59.4. The summed E-state index contributed by atoms with van der Waals surface area (Å²) in [5.74, 6) is 0. The number of unbranched alkanes of at least 4 members (excludes halogenated alkanes) is 46. The Bertz CT molecular complexity index is 640. The molecule has 0 N–H and O–H groups in total. The summed E-state index contributed by atoms with van der Waals surface area (Å²) < 4.78 is 0. The van der Waals surface area contributed by atoms with Crippen molar-refractivity contribution in [3.05, 3.63) is 0 Å². The van der Waals surface area contributed by atoms with Crippen molar-refractivity contribution in [3.63, 3.8) is 0 Å². The molecule has 0 aromatic carbocycles. The van der Waals surface area contributed by atoms with Crippen LogP contribution >= 0.6 is 7.26 Å². The van der Waals surface area contributed by atoms with Crippen LogP contribution in [-0.2, 0) is 0 Å². The second kappa shape index (κ2) is 52.8. The van der Waals surface area contributed by atoms with Gasteiger partial charge >= 0.3 is 314 Å². The quantitative estimate of drug-likeness (QED) is 0.0423. The molecule has 0 aromatic heterocycles. The van der Waals surface area contributed by atoms with Crippen LogP contribution in [0.4, 0.5) is 0 Å². The molecule has 0 amide bonds. The fourth-order valence-corrected chi connectivity index (χ4v) is 16.0. The molecule has 0 spiro atoms. The first-order valence-electron chi connectivity index (χ1n) is 29.2. The Morgan fingerprint density at radius 2 is 0.237 bits per heavy atom. The molecule has 0 saturated carbocycles. The van der Waals surface area contributed by atoms with E-state index in [0.717, 1.165) is 0 Å². The number of hydrogen-bond acceptors (Lipinski definition) is 0. The van der Waals surface area contributed by atoms with Crippen molar-refractivity contribution in [2.75, 3.05) is 24.6 Å². The minimum atomic E-state index is -1.19. The van der Waals surface area contributed by atoms with Crippen molar-refractivity contribution in [1.82, 2.24) is 0 Å². The second-order valence-corrected chi connectivity index (χ2v) is 25.8. The summed E-state index contributed by atoms with van der Waals surface area (Å²) >= 11 is 0. The van der Waals surface area contributed by atoms with Crippen molar-refractivity contribution in [2.45, 2.75) is 349 Å². The van der Waals surface area contributed by atoms with E-state index < -0.39 is 7.26 Å². The predicted molar refractivity (Wildman–Crippen MR) is 281 cm³/mol. The molecule has 59 heavy (non-hydrogen) atoms. The van der Waals surface area contributed by atoms with Crippen LogP contribution in [0.15, 0.2) is 0 Å². The molecule has 0 rings (SSSR count). The van der Waals surface area contributed by atoms with Crippen molar-refractivity contribution >= 4 is 7.26 Å². The van der Waals surface area contributed by atoms with Crippen molar-refractivity contribution in [3.8, 4) is 0 Å². The summed E-state index contributed by atoms with van der Waals surface area (Å²) in [6.45, 7) is 9.35. The van der Waals surface area contributed by atoms with Crippen LogP contribution in [0.1, 0.15) is 349 Å². The standard InChI is InChI=1S/C58H121P/c1-5-9-13-17-21-25-29-32-36-40-44-48-52-56-59(55-51-47-43-39-35-28-24-20-16-12-8-4,57-53-49-45-41-37-33-30-26-22-18-14-10-6-2)58-54-50-46-42-38-34-31-27-23-19-15-11-7-3/h59H,5-58H2,1-4H3. The summed E-state index contributed by atoms with van der Waals surface area (Å²) in [5, 5.41) is 0. The van der Waals surface area contributed by atoms with Gasteiger partial charge in [-0.25, -0.2) is 0 Å². The Morgan fingerprint density at radius 1 is 0.136 bits per heavy atom. The molecule has 0 atom stereocenters. The van der Waals surface area contributed by atoms with Gasteiger partial charge in [0.15, 0.2) is 0 Å². The van der Waals surface area contributed by atoms with Gasteiger partial charge < -0.3 is 0 Å². The van der Waals surface area contributed by atoms with Crippen LogP contribution < -0.4 is 0 Å². The minimum Gasteiger partial charge on any atom is -0.0654 e. The molecule has 358 valence electrons. The van der Waals surface area contributed by atoms with Crippen LogP contribution in [0, 0.1) is 0 Å². The molecular formula is C58H121P. The van der Waals surface area contributed by atoms with E-state index in [0.29, 0.717) is 0 Å². The molecule has 0 unspecified atom stereocenters. The van der Waals surface area contributed by atoms with Gasteiger partial charge in [-0.3, -0.25) is 0 Å². The fourth-order valence-electron chi connectivity index (χ4n) is 10.5. The van der Waals surface area contributed by atoms with E-state index in [1.54, 1.807) is 76.0 Å². The van der Waals surface area contributed by atoms with Crippen LogP contribution in [0.3, 0.4) is 0 Å². The molecule has 0 radical (unpaired) electrons. The van der Waals surface area contributed by atoms with E-state index in [9.17, 15) is 0 Å². The van der Waals surface area contributed by atoms with Gasteiger partial charge in [0.2, 0.25) is 0 Å². The zero-order valence-corrected chi connectivity index (χ0v) is 43.7. The Labute approximate surface area is 379 Å². The minimum absolute atomic E-state index is 1.19. The smallest absolute Gasteiger partial charge is 0.0654 e. The maximum absolute atomic E-state index is 2.34. The summed E-state index contributed by atoms with van der Waals surface area (Å²) in [5.41, 5.74) is 0. The third-order valence-electron chi connectivity index (χ3n) is 14.7. The number of hydrogen-bond donors (Lipinski definition) is 0. The Balaban J connectivity index is 4.90. The molecule has 0 bridgehead atoms. The average Bonchev–Trinajstić information content (AvgIpc) is 3.24. The van der Waals surface area contributed by atoms with E-state index >= 15 is 0 Å². The molecule has 0 aliphatic carbocycles.